The Morgan fingerprint density at radius 2 is 1.35 bits per heavy atom. The van der Waals surface area contributed by atoms with E-state index in [4.69, 9.17) is 10.8 Å². The van der Waals surface area contributed by atoms with Gasteiger partial charge in [-0.25, -0.2) is 4.79 Å². The SMILES string of the molecule is NC(=O)NC(=O)CCCCCCCCC(=O)O. The fourth-order valence-electron chi connectivity index (χ4n) is 1.47. The number of unbranched alkanes of at least 4 members (excludes halogenated alkanes) is 5. The molecule has 0 saturated carbocycles. The van der Waals surface area contributed by atoms with Crippen molar-refractivity contribution in [3.8, 4) is 0 Å². The fourth-order valence-corrected chi connectivity index (χ4v) is 1.47. The normalized spacial score (nSPS) is 9.88. The Morgan fingerprint density at radius 3 is 1.82 bits per heavy atom. The zero-order valence-electron chi connectivity index (χ0n) is 9.91. The highest BCUT2D eigenvalue weighted by molar-refractivity contribution is 5.93. The topological polar surface area (TPSA) is 109 Å². The lowest BCUT2D eigenvalue weighted by Gasteiger charge is -2.01. The molecule has 0 saturated heterocycles. The van der Waals surface area contributed by atoms with Gasteiger partial charge in [-0.3, -0.25) is 14.9 Å². The van der Waals surface area contributed by atoms with Crippen LogP contribution in [0.4, 0.5) is 4.79 Å². The first kappa shape index (κ1) is 15.4. The van der Waals surface area contributed by atoms with Crippen LogP contribution in [-0.2, 0) is 9.59 Å². The molecule has 98 valence electrons. The molecule has 6 nitrogen and oxygen atoms in total. The molecule has 0 aromatic heterocycles. The van der Waals surface area contributed by atoms with Gasteiger partial charge in [0.15, 0.2) is 0 Å². The lowest BCUT2D eigenvalue weighted by Crippen LogP contribution is -2.34. The third-order valence-electron chi connectivity index (χ3n) is 2.31. The van der Waals surface area contributed by atoms with E-state index in [9.17, 15) is 14.4 Å². The van der Waals surface area contributed by atoms with Gasteiger partial charge in [0.1, 0.15) is 0 Å². The van der Waals surface area contributed by atoms with E-state index in [2.05, 4.69) is 0 Å². The number of rotatable bonds is 9. The Kier molecular flexibility index (Phi) is 8.72. The first-order chi connectivity index (χ1) is 8.02. The van der Waals surface area contributed by atoms with Crippen LogP contribution in [0.3, 0.4) is 0 Å². The van der Waals surface area contributed by atoms with Crippen LogP contribution < -0.4 is 11.1 Å². The Balaban J connectivity index is 3.21. The van der Waals surface area contributed by atoms with E-state index in [0.29, 0.717) is 12.8 Å². The van der Waals surface area contributed by atoms with Crippen LogP contribution in [0.2, 0.25) is 0 Å². The summed E-state index contributed by atoms with van der Waals surface area (Å²) in [5, 5.41) is 10.4. The minimum Gasteiger partial charge on any atom is -0.481 e. The molecule has 0 aromatic carbocycles. The molecule has 0 aliphatic heterocycles. The van der Waals surface area contributed by atoms with Crippen molar-refractivity contribution < 1.29 is 19.5 Å². The van der Waals surface area contributed by atoms with Gasteiger partial charge in [-0.2, -0.15) is 0 Å². The van der Waals surface area contributed by atoms with Crippen LogP contribution in [0.1, 0.15) is 51.4 Å². The number of nitrogens with two attached hydrogens (primary N) is 1. The second-order valence-electron chi connectivity index (χ2n) is 3.93. The van der Waals surface area contributed by atoms with Gasteiger partial charge >= 0.3 is 12.0 Å². The summed E-state index contributed by atoms with van der Waals surface area (Å²) in [7, 11) is 0. The first-order valence-corrected chi connectivity index (χ1v) is 5.83. The highest BCUT2D eigenvalue weighted by Crippen LogP contribution is 2.08. The molecule has 0 unspecified atom stereocenters. The highest BCUT2D eigenvalue weighted by Gasteiger charge is 2.03. The highest BCUT2D eigenvalue weighted by atomic mass is 16.4. The summed E-state index contributed by atoms with van der Waals surface area (Å²) in [4.78, 5) is 31.5. The maximum atomic E-state index is 11.0. The number of hydrogen-bond donors (Lipinski definition) is 3. The number of carboxylic acid groups (broad SMARTS) is 1. The largest absolute Gasteiger partial charge is 0.481 e. The predicted molar refractivity (Wildman–Crippen MR) is 62.3 cm³/mol. The molecular formula is C11H20N2O4. The lowest BCUT2D eigenvalue weighted by molar-refractivity contribution is -0.137. The first-order valence-electron chi connectivity index (χ1n) is 5.83. The minimum atomic E-state index is -0.816. The van der Waals surface area contributed by atoms with E-state index >= 15 is 0 Å². The van der Waals surface area contributed by atoms with Gasteiger partial charge in [-0.1, -0.05) is 25.7 Å². The number of imide groups is 1. The lowest BCUT2D eigenvalue weighted by atomic mass is 10.1. The Hall–Kier alpha value is -1.59. The van der Waals surface area contributed by atoms with Crippen molar-refractivity contribution in [3.05, 3.63) is 0 Å². The van der Waals surface area contributed by atoms with Gasteiger partial charge < -0.3 is 10.8 Å². The molecule has 0 rings (SSSR count). The van der Waals surface area contributed by atoms with E-state index in [1.54, 1.807) is 0 Å². The van der Waals surface area contributed by atoms with Crippen molar-refractivity contribution >= 4 is 17.9 Å². The average molecular weight is 244 g/mol. The van der Waals surface area contributed by atoms with Gasteiger partial charge in [0, 0.05) is 12.8 Å². The van der Waals surface area contributed by atoms with Crippen LogP contribution in [0.5, 0.6) is 0 Å². The van der Waals surface area contributed by atoms with Crippen molar-refractivity contribution in [2.45, 2.75) is 51.4 Å². The molecule has 4 N–H and O–H groups in total. The summed E-state index contributed by atoms with van der Waals surface area (Å²) in [5.41, 5.74) is 4.78. The summed E-state index contributed by atoms with van der Waals surface area (Å²) in [5.74, 6) is -1.10. The summed E-state index contributed by atoms with van der Waals surface area (Å²) < 4.78 is 0. The van der Waals surface area contributed by atoms with E-state index in [0.717, 1.165) is 32.1 Å². The molecule has 0 radical (unpaired) electrons. The van der Waals surface area contributed by atoms with Gasteiger partial charge in [-0.15, -0.1) is 0 Å². The minimum absolute atomic E-state index is 0.223. The molecule has 0 aliphatic rings. The Labute approximate surface area is 101 Å². The molecule has 0 bridgehead atoms. The number of carbonyl (C=O) groups excluding carboxylic acids is 2. The molecule has 0 spiro atoms. The zero-order valence-corrected chi connectivity index (χ0v) is 9.91. The van der Waals surface area contributed by atoms with Crippen molar-refractivity contribution in [1.82, 2.24) is 5.32 Å². The molecule has 0 aromatic rings. The molecule has 0 fully saturated rings. The Morgan fingerprint density at radius 1 is 0.882 bits per heavy atom. The number of urea groups is 1. The van der Waals surface area contributed by atoms with Crippen LogP contribution in [0.15, 0.2) is 0 Å². The fraction of sp³-hybridized carbons (Fsp3) is 0.727. The van der Waals surface area contributed by atoms with Crippen LogP contribution >= 0.6 is 0 Å². The van der Waals surface area contributed by atoms with Gasteiger partial charge in [0.25, 0.3) is 0 Å². The molecule has 6 heteroatoms. The molecule has 3 amide bonds. The van der Waals surface area contributed by atoms with E-state index < -0.39 is 12.0 Å². The van der Waals surface area contributed by atoms with Crippen LogP contribution in [0, 0.1) is 0 Å². The van der Waals surface area contributed by atoms with Crippen molar-refractivity contribution in [3.63, 3.8) is 0 Å². The number of carbonyl (C=O) groups is 3. The molecule has 0 heterocycles. The second kappa shape index (κ2) is 9.62. The number of hydrogen-bond acceptors (Lipinski definition) is 3. The Bertz CT molecular complexity index is 266. The van der Waals surface area contributed by atoms with Crippen LogP contribution in [0.25, 0.3) is 0 Å². The van der Waals surface area contributed by atoms with E-state index in [-0.39, 0.29) is 12.3 Å². The number of amides is 3. The summed E-state index contributed by atoms with van der Waals surface area (Å²) in [6.45, 7) is 0. The standard InChI is InChI=1S/C11H20N2O4/c12-11(17)13-9(14)7-5-3-1-2-4-6-8-10(15)16/h1-8H2,(H,15,16)(H3,12,13,14,17). The van der Waals surface area contributed by atoms with Gasteiger partial charge in [0.2, 0.25) is 5.91 Å². The van der Waals surface area contributed by atoms with Gasteiger partial charge in [0.05, 0.1) is 0 Å². The molecule has 0 aliphatic carbocycles. The summed E-state index contributed by atoms with van der Waals surface area (Å²) in [6.07, 6.45) is 5.71. The smallest absolute Gasteiger partial charge is 0.318 e. The summed E-state index contributed by atoms with van der Waals surface area (Å²) >= 11 is 0. The molecule has 17 heavy (non-hydrogen) atoms. The third-order valence-corrected chi connectivity index (χ3v) is 2.31. The molecule has 0 atom stereocenters. The molecular weight excluding hydrogens is 224 g/mol. The quantitative estimate of drug-likeness (QED) is 0.532. The van der Waals surface area contributed by atoms with Gasteiger partial charge in [-0.05, 0) is 12.8 Å². The van der Waals surface area contributed by atoms with E-state index in [1.165, 1.54) is 0 Å². The zero-order chi connectivity index (χ0) is 13.1. The number of aliphatic carboxylic acids is 1. The van der Waals surface area contributed by atoms with Crippen LogP contribution in [-0.4, -0.2) is 23.0 Å². The summed E-state index contributed by atoms with van der Waals surface area (Å²) in [6, 6.07) is -0.816. The van der Waals surface area contributed by atoms with Crippen molar-refractivity contribution in [2.75, 3.05) is 0 Å². The third kappa shape index (κ3) is 12.3. The van der Waals surface area contributed by atoms with Crippen molar-refractivity contribution in [2.24, 2.45) is 5.73 Å². The second-order valence-corrected chi connectivity index (χ2v) is 3.93. The van der Waals surface area contributed by atoms with E-state index in [1.807, 2.05) is 5.32 Å². The maximum absolute atomic E-state index is 11.0. The monoisotopic (exact) mass is 244 g/mol. The number of primary amides is 1. The maximum Gasteiger partial charge on any atom is 0.318 e. The number of carboxylic acids is 1. The van der Waals surface area contributed by atoms with Crippen molar-refractivity contribution in [1.29, 1.82) is 0 Å². The predicted octanol–water partition coefficient (Wildman–Crippen LogP) is 1.39. The average Bonchev–Trinajstić information content (AvgIpc) is 2.20. The number of nitrogens with one attached hydrogen (secondary N) is 1.